The van der Waals surface area contributed by atoms with E-state index in [0.29, 0.717) is 0 Å². The van der Waals surface area contributed by atoms with E-state index in [2.05, 4.69) is 0 Å². The number of carbonyl (C=O) groups is 3. The van der Waals surface area contributed by atoms with Crippen molar-refractivity contribution < 1.29 is 43.5 Å². The average molecular weight is 306 g/mol. The third kappa shape index (κ3) is 4.66. The highest BCUT2D eigenvalue weighted by Gasteiger charge is 2.51. The molecule has 0 aromatic carbocycles. The standard InChI is InChI=1S/C12H18O9/c1-5(14)18-9-8(4-13)21-12(17)11(20-7(3)16)10(9)19-6(2)15/h8-13,17H,4H2,1-3H3/t8?,9?,10-,11?,12?/m0/s1. The Balaban J connectivity index is 3.08. The van der Waals surface area contributed by atoms with Crippen LogP contribution in [0.25, 0.3) is 0 Å². The normalized spacial score (nSPS) is 32.1. The second-order valence-corrected chi connectivity index (χ2v) is 4.47. The highest BCUT2D eigenvalue weighted by atomic mass is 16.7. The van der Waals surface area contributed by atoms with Crippen LogP contribution in [0.1, 0.15) is 20.8 Å². The Morgan fingerprint density at radius 1 is 0.905 bits per heavy atom. The van der Waals surface area contributed by atoms with Crippen molar-refractivity contribution in [2.45, 2.75) is 51.5 Å². The summed E-state index contributed by atoms with van der Waals surface area (Å²) in [5, 5.41) is 19.0. The molecule has 0 bridgehead atoms. The van der Waals surface area contributed by atoms with E-state index < -0.39 is 55.2 Å². The van der Waals surface area contributed by atoms with Crippen LogP contribution in [0.5, 0.6) is 0 Å². The van der Waals surface area contributed by atoms with E-state index in [0.717, 1.165) is 20.8 Å². The van der Waals surface area contributed by atoms with Crippen LogP contribution in [0, 0.1) is 0 Å². The van der Waals surface area contributed by atoms with Gasteiger partial charge >= 0.3 is 17.9 Å². The van der Waals surface area contributed by atoms with Crippen LogP contribution in [0.15, 0.2) is 0 Å². The molecular weight excluding hydrogens is 288 g/mol. The second-order valence-electron chi connectivity index (χ2n) is 4.47. The van der Waals surface area contributed by atoms with Crippen molar-refractivity contribution in [1.29, 1.82) is 0 Å². The summed E-state index contributed by atoms with van der Waals surface area (Å²) in [5.74, 6) is -2.19. The summed E-state index contributed by atoms with van der Waals surface area (Å²) in [4.78, 5) is 33.4. The molecule has 0 saturated carbocycles. The predicted molar refractivity (Wildman–Crippen MR) is 64.6 cm³/mol. The van der Waals surface area contributed by atoms with Gasteiger partial charge in [0.15, 0.2) is 24.6 Å². The highest BCUT2D eigenvalue weighted by Crippen LogP contribution is 2.27. The lowest BCUT2D eigenvalue weighted by Gasteiger charge is -2.42. The first-order valence-electron chi connectivity index (χ1n) is 6.22. The van der Waals surface area contributed by atoms with Gasteiger partial charge < -0.3 is 29.2 Å². The van der Waals surface area contributed by atoms with Crippen molar-refractivity contribution in [3.63, 3.8) is 0 Å². The number of hydrogen-bond acceptors (Lipinski definition) is 9. The van der Waals surface area contributed by atoms with Gasteiger partial charge in [-0.15, -0.1) is 0 Å². The van der Waals surface area contributed by atoms with Crippen molar-refractivity contribution in [3.05, 3.63) is 0 Å². The smallest absolute Gasteiger partial charge is 0.303 e. The molecule has 2 N–H and O–H groups in total. The molecule has 0 aromatic heterocycles. The van der Waals surface area contributed by atoms with E-state index in [1.54, 1.807) is 0 Å². The number of aliphatic hydroxyl groups is 2. The number of carbonyl (C=O) groups excluding carboxylic acids is 3. The maximum absolute atomic E-state index is 11.2. The van der Waals surface area contributed by atoms with Gasteiger partial charge in [0, 0.05) is 20.8 Å². The molecule has 0 radical (unpaired) electrons. The van der Waals surface area contributed by atoms with Crippen LogP contribution in [0.2, 0.25) is 0 Å². The molecule has 0 aromatic rings. The lowest BCUT2D eigenvalue weighted by molar-refractivity contribution is -0.295. The summed E-state index contributed by atoms with van der Waals surface area (Å²) >= 11 is 0. The Labute approximate surface area is 120 Å². The van der Waals surface area contributed by atoms with Crippen molar-refractivity contribution in [3.8, 4) is 0 Å². The molecule has 5 atom stereocenters. The van der Waals surface area contributed by atoms with Crippen LogP contribution in [0.4, 0.5) is 0 Å². The van der Waals surface area contributed by atoms with E-state index in [-0.39, 0.29) is 0 Å². The highest BCUT2D eigenvalue weighted by molar-refractivity contribution is 5.68. The number of rotatable bonds is 4. The second kappa shape index (κ2) is 7.34. The lowest BCUT2D eigenvalue weighted by atomic mass is 9.98. The Morgan fingerprint density at radius 3 is 1.76 bits per heavy atom. The van der Waals surface area contributed by atoms with Crippen molar-refractivity contribution in [2.24, 2.45) is 0 Å². The third-order valence-corrected chi connectivity index (χ3v) is 2.70. The zero-order chi connectivity index (χ0) is 16.2. The Kier molecular flexibility index (Phi) is 6.06. The molecule has 1 rings (SSSR count). The van der Waals surface area contributed by atoms with Gasteiger partial charge in [0.05, 0.1) is 6.61 Å². The fourth-order valence-corrected chi connectivity index (χ4v) is 2.02. The van der Waals surface area contributed by atoms with Crippen molar-refractivity contribution >= 4 is 17.9 Å². The lowest BCUT2D eigenvalue weighted by Crippen LogP contribution is -2.62. The van der Waals surface area contributed by atoms with Gasteiger partial charge in [0.1, 0.15) is 6.10 Å². The summed E-state index contributed by atoms with van der Waals surface area (Å²) in [5.41, 5.74) is 0. The SMILES string of the molecule is CC(=O)OC1C(O)OC(CO)C(OC(C)=O)[C@@H]1OC(C)=O. The maximum atomic E-state index is 11.2. The molecule has 21 heavy (non-hydrogen) atoms. The minimum Gasteiger partial charge on any atom is -0.456 e. The summed E-state index contributed by atoms with van der Waals surface area (Å²) < 4.78 is 19.8. The van der Waals surface area contributed by atoms with Crippen LogP contribution in [-0.4, -0.2) is 65.4 Å². The molecule has 1 aliphatic heterocycles. The Hall–Kier alpha value is -1.71. The van der Waals surface area contributed by atoms with Gasteiger partial charge in [0.2, 0.25) is 0 Å². The molecule has 9 nitrogen and oxygen atoms in total. The molecule has 1 heterocycles. The van der Waals surface area contributed by atoms with Crippen LogP contribution < -0.4 is 0 Å². The molecule has 0 aliphatic carbocycles. The molecular formula is C12H18O9. The van der Waals surface area contributed by atoms with Gasteiger partial charge in [-0.1, -0.05) is 0 Å². The zero-order valence-electron chi connectivity index (χ0n) is 11.8. The molecule has 1 aliphatic rings. The summed E-state index contributed by atoms with van der Waals surface area (Å²) in [6.07, 6.45) is -6.65. The summed E-state index contributed by atoms with van der Waals surface area (Å²) in [7, 11) is 0. The van der Waals surface area contributed by atoms with Gasteiger partial charge in [-0.25, -0.2) is 0 Å². The summed E-state index contributed by atoms with van der Waals surface area (Å²) in [6.45, 7) is 2.71. The first kappa shape index (κ1) is 17.3. The molecule has 0 amide bonds. The first-order valence-corrected chi connectivity index (χ1v) is 6.22. The van der Waals surface area contributed by atoms with E-state index in [9.17, 15) is 24.6 Å². The topological polar surface area (TPSA) is 129 Å². The molecule has 1 fully saturated rings. The minimum absolute atomic E-state index is 0.598. The third-order valence-electron chi connectivity index (χ3n) is 2.70. The van der Waals surface area contributed by atoms with Gasteiger partial charge in [-0.3, -0.25) is 14.4 Å². The molecule has 1 saturated heterocycles. The van der Waals surface area contributed by atoms with Gasteiger partial charge in [0.25, 0.3) is 0 Å². The Bertz CT molecular complexity index is 408. The number of aliphatic hydroxyl groups excluding tert-OH is 2. The average Bonchev–Trinajstić information content (AvgIpc) is 2.35. The molecule has 4 unspecified atom stereocenters. The number of ether oxygens (including phenoxy) is 4. The van der Waals surface area contributed by atoms with Crippen LogP contribution in [0.3, 0.4) is 0 Å². The predicted octanol–water partition coefficient (Wildman–Crippen LogP) is -1.51. The Morgan fingerprint density at radius 2 is 1.33 bits per heavy atom. The number of esters is 3. The van der Waals surface area contributed by atoms with Crippen LogP contribution >= 0.6 is 0 Å². The van der Waals surface area contributed by atoms with E-state index in [4.69, 9.17) is 18.9 Å². The van der Waals surface area contributed by atoms with Gasteiger partial charge in [-0.05, 0) is 0 Å². The van der Waals surface area contributed by atoms with Crippen molar-refractivity contribution in [1.82, 2.24) is 0 Å². The van der Waals surface area contributed by atoms with E-state index >= 15 is 0 Å². The molecule has 120 valence electrons. The largest absolute Gasteiger partial charge is 0.456 e. The van der Waals surface area contributed by atoms with Crippen molar-refractivity contribution in [2.75, 3.05) is 6.61 Å². The minimum atomic E-state index is -1.64. The quantitative estimate of drug-likeness (QED) is 0.470. The van der Waals surface area contributed by atoms with Crippen LogP contribution in [-0.2, 0) is 33.3 Å². The molecule has 9 heteroatoms. The first-order chi connectivity index (χ1) is 9.76. The molecule has 0 spiro atoms. The maximum Gasteiger partial charge on any atom is 0.303 e. The van der Waals surface area contributed by atoms with Gasteiger partial charge in [-0.2, -0.15) is 0 Å². The number of hydrogen-bond donors (Lipinski definition) is 2. The fourth-order valence-electron chi connectivity index (χ4n) is 2.02. The fraction of sp³-hybridized carbons (Fsp3) is 0.750. The van der Waals surface area contributed by atoms with E-state index in [1.165, 1.54) is 0 Å². The van der Waals surface area contributed by atoms with E-state index in [1.807, 2.05) is 0 Å². The monoisotopic (exact) mass is 306 g/mol. The zero-order valence-corrected chi connectivity index (χ0v) is 11.8. The summed E-state index contributed by atoms with van der Waals surface area (Å²) in [6, 6.07) is 0.